The number of benzene rings is 4. The van der Waals surface area contributed by atoms with Crippen molar-refractivity contribution in [1.82, 2.24) is 10.2 Å². The van der Waals surface area contributed by atoms with Crippen LogP contribution in [0.3, 0.4) is 0 Å². The second-order valence-electron chi connectivity index (χ2n) is 11.4. The van der Waals surface area contributed by atoms with Crippen LogP contribution in [-0.2, 0) is 32.6 Å². The molecule has 0 radical (unpaired) electrons. The SMILES string of the molecule is CCOc1ccc(N(CC(=O)N(Cc2ccc(C)cc2)[C@H](Cc2ccccc2)C(=O)N[C@@H](C)CC)S(=O)(=O)c2ccc(F)cc2)cc1. The Balaban J connectivity index is 1.80. The molecule has 0 bridgehead atoms. The van der Waals surface area contributed by atoms with Crippen LogP contribution in [0.5, 0.6) is 5.75 Å². The van der Waals surface area contributed by atoms with Crippen molar-refractivity contribution in [3.8, 4) is 5.75 Å². The summed E-state index contributed by atoms with van der Waals surface area (Å²) in [5, 5.41) is 3.03. The first kappa shape index (κ1) is 35.2. The van der Waals surface area contributed by atoms with Crippen LogP contribution in [-0.4, -0.2) is 50.4 Å². The van der Waals surface area contributed by atoms with Gasteiger partial charge in [0.15, 0.2) is 0 Å². The molecule has 10 heteroatoms. The highest BCUT2D eigenvalue weighted by Gasteiger charge is 2.35. The van der Waals surface area contributed by atoms with E-state index < -0.39 is 34.3 Å². The summed E-state index contributed by atoms with van der Waals surface area (Å²) in [4.78, 5) is 29.7. The van der Waals surface area contributed by atoms with E-state index in [1.807, 2.05) is 82.3 Å². The number of hydrogen-bond acceptors (Lipinski definition) is 5. The minimum absolute atomic E-state index is 0.0677. The van der Waals surface area contributed by atoms with Crippen LogP contribution in [0.1, 0.15) is 43.9 Å². The van der Waals surface area contributed by atoms with Crippen LogP contribution in [0.4, 0.5) is 10.1 Å². The van der Waals surface area contributed by atoms with Crippen LogP contribution in [0, 0.1) is 12.7 Å². The Bertz CT molecular complexity index is 1720. The van der Waals surface area contributed by atoms with Gasteiger partial charge >= 0.3 is 0 Å². The molecule has 0 aliphatic carbocycles. The number of hydrogen-bond donors (Lipinski definition) is 1. The maximum Gasteiger partial charge on any atom is 0.264 e. The summed E-state index contributed by atoms with van der Waals surface area (Å²) in [5.74, 6) is -0.969. The summed E-state index contributed by atoms with van der Waals surface area (Å²) in [6.45, 7) is 7.53. The van der Waals surface area contributed by atoms with Gasteiger partial charge in [-0.15, -0.1) is 0 Å². The number of anilines is 1. The number of amides is 2. The summed E-state index contributed by atoms with van der Waals surface area (Å²) in [7, 11) is -4.35. The van der Waals surface area contributed by atoms with Crippen molar-refractivity contribution in [2.75, 3.05) is 17.5 Å². The largest absolute Gasteiger partial charge is 0.494 e. The third kappa shape index (κ3) is 9.42. The van der Waals surface area contributed by atoms with Gasteiger partial charge in [0.25, 0.3) is 10.0 Å². The third-order valence-electron chi connectivity index (χ3n) is 7.86. The zero-order valence-corrected chi connectivity index (χ0v) is 28.0. The van der Waals surface area contributed by atoms with Crippen LogP contribution < -0.4 is 14.4 Å². The maximum absolute atomic E-state index is 14.5. The van der Waals surface area contributed by atoms with Gasteiger partial charge in [0.05, 0.1) is 17.2 Å². The molecule has 0 aliphatic rings. The number of sulfonamides is 1. The summed E-state index contributed by atoms with van der Waals surface area (Å²) in [6, 6.07) is 26.7. The summed E-state index contributed by atoms with van der Waals surface area (Å²) >= 11 is 0. The minimum atomic E-state index is -4.35. The molecule has 2 atom stereocenters. The molecule has 47 heavy (non-hydrogen) atoms. The molecular formula is C37H42FN3O5S. The fourth-order valence-corrected chi connectivity index (χ4v) is 6.44. The van der Waals surface area contributed by atoms with Crippen molar-refractivity contribution in [3.05, 3.63) is 126 Å². The van der Waals surface area contributed by atoms with Crippen molar-refractivity contribution in [2.45, 2.75) is 64.1 Å². The molecule has 248 valence electrons. The molecule has 4 rings (SSSR count). The molecule has 4 aromatic rings. The normalized spacial score (nSPS) is 12.5. The highest BCUT2D eigenvalue weighted by atomic mass is 32.2. The number of nitrogens with zero attached hydrogens (tertiary/aromatic N) is 2. The smallest absolute Gasteiger partial charge is 0.264 e. The number of rotatable bonds is 15. The van der Waals surface area contributed by atoms with Crippen LogP contribution in [0.25, 0.3) is 0 Å². The topological polar surface area (TPSA) is 96.0 Å². The minimum Gasteiger partial charge on any atom is -0.494 e. The van der Waals surface area contributed by atoms with Crippen molar-refractivity contribution in [2.24, 2.45) is 0 Å². The molecule has 0 spiro atoms. The molecule has 1 N–H and O–H groups in total. The van der Waals surface area contributed by atoms with E-state index in [0.717, 1.165) is 33.1 Å². The van der Waals surface area contributed by atoms with E-state index in [1.165, 1.54) is 17.0 Å². The number of halogens is 1. The first-order chi connectivity index (χ1) is 22.5. The number of aryl methyl sites for hydroxylation is 1. The van der Waals surface area contributed by atoms with Crippen LogP contribution in [0.15, 0.2) is 108 Å². The fraction of sp³-hybridized carbons (Fsp3) is 0.297. The molecule has 0 aromatic heterocycles. The Labute approximate surface area is 277 Å². The average molecular weight is 660 g/mol. The van der Waals surface area contributed by atoms with E-state index in [4.69, 9.17) is 4.74 Å². The quantitative estimate of drug-likeness (QED) is 0.162. The molecule has 2 amide bonds. The molecule has 8 nitrogen and oxygen atoms in total. The Morgan fingerprint density at radius 3 is 2.09 bits per heavy atom. The van der Waals surface area contributed by atoms with Crippen molar-refractivity contribution >= 4 is 27.5 Å². The Morgan fingerprint density at radius 1 is 0.851 bits per heavy atom. The zero-order chi connectivity index (χ0) is 34.0. The van der Waals surface area contributed by atoms with Gasteiger partial charge in [-0.25, -0.2) is 12.8 Å². The lowest BCUT2D eigenvalue weighted by Gasteiger charge is -2.34. The average Bonchev–Trinajstić information content (AvgIpc) is 3.07. The van der Waals surface area contributed by atoms with Gasteiger partial charge in [0.2, 0.25) is 11.8 Å². The molecule has 0 aliphatic heterocycles. The Hall–Kier alpha value is -4.70. The van der Waals surface area contributed by atoms with E-state index in [-0.39, 0.29) is 35.5 Å². The number of carbonyl (C=O) groups excluding carboxylic acids is 2. The van der Waals surface area contributed by atoms with Crippen molar-refractivity contribution in [1.29, 1.82) is 0 Å². The van der Waals surface area contributed by atoms with Crippen molar-refractivity contribution < 1.29 is 27.1 Å². The second kappa shape index (κ2) is 16.2. The van der Waals surface area contributed by atoms with Crippen LogP contribution in [0.2, 0.25) is 0 Å². The van der Waals surface area contributed by atoms with E-state index in [2.05, 4.69) is 5.32 Å². The molecule has 0 heterocycles. The first-order valence-electron chi connectivity index (χ1n) is 15.7. The standard InChI is InChI=1S/C37H42FN3O5S/c1-5-28(4)39-37(43)35(24-29-10-8-7-9-11-29)40(25-30-14-12-27(3)13-15-30)36(42)26-41(32-18-20-33(21-19-32)46-6-2)47(44,45)34-22-16-31(38)17-23-34/h7-23,28,35H,5-6,24-26H2,1-4H3,(H,39,43)/t28-,35+/m0/s1. The summed E-state index contributed by atoms with van der Waals surface area (Å²) in [5.41, 5.74) is 2.88. The van der Waals surface area contributed by atoms with Crippen LogP contribution >= 0.6 is 0 Å². The molecule has 4 aromatic carbocycles. The lowest BCUT2D eigenvalue weighted by Crippen LogP contribution is -2.54. The monoisotopic (exact) mass is 659 g/mol. The number of ether oxygens (including phenoxy) is 1. The third-order valence-corrected chi connectivity index (χ3v) is 9.65. The van der Waals surface area contributed by atoms with Gasteiger partial charge in [0.1, 0.15) is 24.2 Å². The highest BCUT2D eigenvalue weighted by molar-refractivity contribution is 7.92. The molecule has 0 saturated heterocycles. The zero-order valence-electron chi connectivity index (χ0n) is 27.2. The lowest BCUT2D eigenvalue weighted by atomic mass is 10.0. The Kier molecular flexibility index (Phi) is 12.1. The van der Waals surface area contributed by atoms with E-state index in [0.29, 0.717) is 18.8 Å². The molecular weight excluding hydrogens is 617 g/mol. The van der Waals surface area contributed by atoms with E-state index in [1.54, 1.807) is 24.3 Å². The predicted octanol–water partition coefficient (Wildman–Crippen LogP) is 6.28. The fourth-order valence-electron chi connectivity index (χ4n) is 5.02. The number of carbonyl (C=O) groups is 2. The Morgan fingerprint density at radius 2 is 1.49 bits per heavy atom. The molecule has 0 saturated carbocycles. The van der Waals surface area contributed by atoms with E-state index in [9.17, 15) is 22.4 Å². The van der Waals surface area contributed by atoms with Gasteiger partial charge in [-0.1, -0.05) is 67.1 Å². The highest BCUT2D eigenvalue weighted by Crippen LogP contribution is 2.27. The van der Waals surface area contributed by atoms with Gasteiger partial charge in [-0.3, -0.25) is 13.9 Å². The van der Waals surface area contributed by atoms with Gasteiger partial charge in [-0.05, 0) is 86.8 Å². The predicted molar refractivity (Wildman–Crippen MR) is 182 cm³/mol. The second-order valence-corrected chi connectivity index (χ2v) is 13.3. The maximum atomic E-state index is 14.5. The summed E-state index contributed by atoms with van der Waals surface area (Å²) in [6.07, 6.45) is 0.908. The van der Waals surface area contributed by atoms with Crippen molar-refractivity contribution in [3.63, 3.8) is 0 Å². The lowest BCUT2D eigenvalue weighted by molar-refractivity contribution is -0.140. The van der Waals surface area contributed by atoms with Gasteiger partial charge in [0, 0.05) is 19.0 Å². The number of nitrogens with one attached hydrogen (secondary N) is 1. The molecule has 0 fully saturated rings. The summed E-state index contributed by atoms with van der Waals surface area (Å²) < 4.78 is 48.6. The molecule has 0 unspecified atom stereocenters. The van der Waals surface area contributed by atoms with Gasteiger partial charge in [-0.2, -0.15) is 0 Å². The van der Waals surface area contributed by atoms with Gasteiger partial charge < -0.3 is 15.0 Å². The first-order valence-corrected chi connectivity index (χ1v) is 17.2. The van der Waals surface area contributed by atoms with E-state index >= 15 is 0 Å².